The van der Waals surface area contributed by atoms with E-state index >= 15 is 0 Å². The number of thioether (sulfide) groups is 1. The molecule has 0 aliphatic carbocycles. The summed E-state index contributed by atoms with van der Waals surface area (Å²) in [5.41, 5.74) is 0. The van der Waals surface area contributed by atoms with Crippen LogP contribution < -0.4 is 4.90 Å². The highest BCUT2D eigenvalue weighted by Gasteiger charge is 2.23. The maximum Gasteiger partial charge on any atom is 0.186 e. The van der Waals surface area contributed by atoms with E-state index in [1.54, 1.807) is 11.3 Å². The third-order valence-electron chi connectivity index (χ3n) is 2.28. The minimum absolute atomic E-state index is 0.808. The summed E-state index contributed by atoms with van der Waals surface area (Å²) in [5, 5.41) is 4.02. The highest BCUT2D eigenvalue weighted by molar-refractivity contribution is 9.10. The van der Waals surface area contributed by atoms with Crippen molar-refractivity contribution in [1.29, 1.82) is 0 Å². The van der Waals surface area contributed by atoms with Crippen molar-refractivity contribution >= 4 is 44.2 Å². The van der Waals surface area contributed by atoms with E-state index < -0.39 is 0 Å². The summed E-state index contributed by atoms with van der Waals surface area (Å²) in [7, 11) is 0. The lowest BCUT2D eigenvalue weighted by atomic mass is 10.4. The molecule has 14 heavy (non-hydrogen) atoms. The molecule has 1 atom stereocenters. The molecule has 0 N–H and O–H groups in total. The van der Waals surface area contributed by atoms with E-state index in [0.717, 1.165) is 21.5 Å². The number of hydrogen-bond acceptors (Lipinski definition) is 4. The van der Waals surface area contributed by atoms with Crippen molar-refractivity contribution in [2.24, 2.45) is 0 Å². The normalized spacial score (nSPS) is 21.9. The summed E-state index contributed by atoms with van der Waals surface area (Å²) in [6, 6.07) is 0. The molecule has 1 aromatic heterocycles. The van der Waals surface area contributed by atoms with Crippen LogP contribution in [0.2, 0.25) is 0 Å². The van der Waals surface area contributed by atoms with Gasteiger partial charge in [0.2, 0.25) is 0 Å². The molecule has 0 bridgehead atoms. The molecule has 0 aromatic carbocycles. The Hall–Kier alpha value is 0.260. The smallest absolute Gasteiger partial charge is 0.186 e. The van der Waals surface area contributed by atoms with Crippen LogP contribution in [-0.2, 0) is 0 Å². The first-order valence-electron chi connectivity index (χ1n) is 4.77. The first-order chi connectivity index (χ1) is 6.79. The summed E-state index contributed by atoms with van der Waals surface area (Å²) in [6.07, 6.45) is 1.30. The van der Waals surface area contributed by atoms with Crippen LogP contribution in [0.3, 0.4) is 0 Å². The van der Waals surface area contributed by atoms with Crippen LogP contribution in [0.25, 0.3) is 0 Å². The van der Waals surface area contributed by atoms with Crippen LogP contribution in [-0.4, -0.2) is 29.1 Å². The van der Waals surface area contributed by atoms with E-state index in [1.807, 2.05) is 0 Å². The van der Waals surface area contributed by atoms with Gasteiger partial charge in [-0.2, -0.15) is 11.8 Å². The Kier molecular flexibility index (Phi) is 3.73. The van der Waals surface area contributed by atoms with E-state index in [0.29, 0.717) is 0 Å². The molecule has 1 saturated heterocycles. The van der Waals surface area contributed by atoms with Gasteiger partial charge in [-0.05, 0) is 28.1 Å². The monoisotopic (exact) mass is 292 g/mol. The van der Waals surface area contributed by atoms with E-state index in [9.17, 15) is 0 Å². The van der Waals surface area contributed by atoms with E-state index in [-0.39, 0.29) is 0 Å². The zero-order chi connectivity index (χ0) is 9.97. The zero-order valence-corrected chi connectivity index (χ0v) is 11.3. The third-order valence-corrected chi connectivity index (χ3v) is 5.08. The molecular weight excluding hydrogens is 280 g/mol. The Morgan fingerprint density at radius 3 is 3.29 bits per heavy atom. The zero-order valence-electron chi connectivity index (χ0n) is 8.07. The molecule has 0 amide bonds. The Bertz CT molecular complexity index is 303. The summed E-state index contributed by atoms with van der Waals surface area (Å²) in [4.78, 5) is 6.83. The first-order valence-corrected chi connectivity index (χ1v) is 7.49. The van der Waals surface area contributed by atoms with Crippen molar-refractivity contribution < 1.29 is 0 Å². The van der Waals surface area contributed by atoms with Gasteiger partial charge in [-0.15, -0.1) is 11.3 Å². The molecule has 5 heteroatoms. The predicted octanol–water partition coefficient (Wildman–Crippen LogP) is 3.24. The van der Waals surface area contributed by atoms with Gasteiger partial charge in [0.1, 0.15) is 4.60 Å². The van der Waals surface area contributed by atoms with Gasteiger partial charge >= 0.3 is 0 Å². The lowest BCUT2D eigenvalue weighted by Gasteiger charge is -2.14. The maximum absolute atomic E-state index is 4.44. The number of rotatable bonds is 3. The highest BCUT2D eigenvalue weighted by atomic mass is 79.9. The van der Waals surface area contributed by atoms with Crippen molar-refractivity contribution in [3.8, 4) is 0 Å². The average molecular weight is 293 g/mol. The molecule has 0 spiro atoms. The summed E-state index contributed by atoms with van der Waals surface area (Å²) in [6.45, 7) is 4.56. The molecule has 1 aromatic rings. The number of anilines is 1. The third kappa shape index (κ3) is 2.44. The SMILES string of the molecule is CCSC1CCN(c2nc(Br)cs2)C1. The number of hydrogen-bond donors (Lipinski definition) is 0. The van der Waals surface area contributed by atoms with Crippen LogP contribution in [0, 0.1) is 0 Å². The van der Waals surface area contributed by atoms with Gasteiger partial charge in [-0.3, -0.25) is 0 Å². The van der Waals surface area contributed by atoms with Crippen LogP contribution in [0.4, 0.5) is 5.13 Å². The van der Waals surface area contributed by atoms with Gasteiger partial charge in [-0.1, -0.05) is 6.92 Å². The van der Waals surface area contributed by atoms with Gasteiger partial charge in [0.05, 0.1) is 0 Å². The summed E-state index contributed by atoms with van der Waals surface area (Å²) >= 11 is 7.19. The van der Waals surface area contributed by atoms with Gasteiger partial charge in [-0.25, -0.2) is 4.98 Å². The van der Waals surface area contributed by atoms with E-state index in [2.05, 4.69) is 49.9 Å². The molecule has 2 heterocycles. The lowest BCUT2D eigenvalue weighted by molar-refractivity contribution is 0.955. The van der Waals surface area contributed by atoms with Gasteiger partial charge < -0.3 is 4.90 Å². The van der Waals surface area contributed by atoms with Crippen molar-refractivity contribution in [2.75, 3.05) is 23.7 Å². The molecule has 2 rings (SSSR count). The quantitative estimate of drug-likeness (QED) is 0.851. The minimum atomic E-state index is 0.808. The summed E-state index contributed by atoms with van der Waals surface area (Å²) < 4.78 is 0.962. The Balaban J connectivity index is 1.95. The fraction of sp³-hybridized carbons (Fsp3) is 0.667. The number of thiazole rings is 1. The molecular formula is C9H13BrN2S2. The molecule has 1 fully saturated rings. The Morgan fingerprint density at radius 2 is 2.64 bits per heavy atom. The molecule has 78 valence electrons. The van der Waals surface area contributed by atoms with Crippen molar-refractivity contribution in [3.05, 3.63) is 9.98 Å². The number of aromatic nitrogens is 1. The topological polar surface area (TPSA) is 16.1 Å². The van der Waals surface area contributed by atoms with Crippen LogP contribution in [0.5, 0.6) is 0 Å². The van der Waals surface area contributed by atoms with Crippen LogP contribution in [0.1, 0.15) is 13.3 Å². The van der Waals surface area contributed by atoms with Crippen molar-refractivity contribution in [2.45, 2.75) is 18.6 Å². The van der Waals surface area contributed by atoms with E-state index in [1.165, 1.54) is 18.7 Å². The molecule has 1 aliphatic rings. The predicted molar refractivity (Wildman–Crippen MR) is 68.6 cm³/mol. The fourth-order valence-electron chi connectivity index (χ4n) is 1.66. The standard InChI is InChI=1S/C9H13BrN2S2/c1-2-13-7-3-4-12(5-7)9-11-8(10)6-14-9/h6-7H,2-5H2,1H3. The average Bonchev–Trinajstić information content (AvgIpc) is 2.74. The molecule has 1 aliphatic heterocycles. The number of nitrogens with zero attached hydrogens (tertiary/aromatic N) is 2. The summed E-state index contributed by atoms with van der Waals surface area (Å²) in [5.74, 6) is 1.22. The van der Waals surface area contributed by atoms with Crippen molar-refractivity contribution in [1.82, 2.24) is 4.98 Å². The lowest BCUT2D eigenvalue weighted by Crippen LogP contribution is -2.19. The second-order valence-corrected chi connectivity index (χ2v) is 6.49. The van der Waals surface area contributed by atoms with E-state index in [4.69, 9.17) is 0 Å². The van der Waals surface area contributed by atoms with Crippen molar-refractivity contribution in [3.63, 3.8) is 0 Å². The molecule has 0 saturated carbocycles. The largest absolute Gasteiger partial charge is 0.347 e. The highest BCUT2D eigenvalue weighted by Crippen LogP contribution is 2.30. The van der Waals surface area contributed by atoms with Crippen LogP contribution >= 0.6 is 39.0 Å². The Morgan fingerprint density at radius 1 is 1.79 bits per heavy atom. The fourth-order valence-corrected chi connectivity index (χ4v) is 3.98. The van der Waals surface area contributed by atoms with Gasteiger partial charge in [0.25, 0.3) is 0 Å². The Labute approximate surface area is 101 Å². The second kappa shape index (κ2) is 4.86. The minimum Gasteiger partial charge on any atom is -0.347 e. The first kappa shape index (κ1) is 10.8. The number of halogens is 1. The molecule has 2 nitrogen and oxygen atoms in total. The second-order valence-electron chi connectivity index (χ2n) is 3.26. The van der Waals surface area contributed by atoms with Crippen LogP contribution in [0.15, 0.2) is 9.98 Å². The molecule has 1 unspecified atom stereocenters. The van der Waals surface area contributed by atoms with Gasteiger partial charge in [0, 0.05) is 23.7 Å². The maximum atomic E-state index is 4.44. The van der Waals surface area contributed by atoms with Gasteiger partial charge in [0.15, 0.2) is 5.13 Å². The molecule has 0 radical (unpaired) electrons.